The van der Waals surface area contributed by atoms with Crippen molar-refractivity contribution in [3.05, 3.63) is 35.6 Å². The highest BCUT2D eigenvalue weighted by Crippen LogP contribution is 2.31. The predicted octanol–water partition coefficient (Wildman–Crippen LogP) is 2.80. The molecule has 1 atom stereocenters. The molecule has 0 radical (unpaired) electrons. The summed E-state index contributed by atoms with van der Waals surface area (Å²) >= 11 is 0. The fourth-order valence-corrected chi connectivity index (χ4v) is 4.48. The minimum Gasteiger partial charge on any atom is -0.351 e. The van der Waals surface area contributed by atoms with E-state index in [1.165, 1.54) is 25.0 Å². The van der Waals surface area contributed by atoms with Gasteiger partial charge in [0.05, 0.1) is 6.04 Å². The molecule has 6 heteroatoms. The van der Waals surface area contributed by atoms with Crippen molar-refractivity contribution in [2.75, 3.05) is 26.2 Å². The highest BCUT2D eigenvalue weighted by Gasteiger charge is 2.37. The van der Waals surface area contributed by atoms with E-state index < -0.39 is 0 Å². The van der Waals surface area contributed by atoms with Gasteiger partial charge in [-0.1, -0.05) is 38.8 Å². The van der Waals surface area contributed by atoms with Crippen molar-refractivity contribution in [3.8, 4) is 0 Å². The predicted molar refractivity (Wildman–Crippen MR) is 107 cm³/mol. The second-order valence-corrected chi connectivity index (χ2v) is 8.35. The third-order valence-corrected chi connectivity index (χ3v) is 5.98. The van der Waals surface area contributed by atoms with Gasteiger partial charge < -0.3 is 10.2 Å². The zero-order valence-corrected chi connectivity index (χ0v) is 17.0. The molecule has 0 bridgehead atoms. The van der Waals surface area contributed by atoms with Crippen molar-refractivity contribution < 1.29 is 14.0 Å². The van der Waals surface area contributed by atoms with Crippen molar-refractivity contribution in [3.63, 3.8) is 0 Å². The smallest absolute Gasteiger partial charge is 0.237 e. The second-order valence-electron chi connectivity index (χ2n) is 8.35. The normalized spacial score (nSPS) is 19.8. The number of amides is 2. The molecule has 1 aliphatic heterocycles. The first-order valence-electron chi connectivity index (χ1n) is 10.5. The standard InChI is InChI=1S/C22H32FN3O2/c1-16(2)22(28)26-12-10-25(11-13-26)20(18-7-3-4-8-18)21(27)24-15-17-6-5-9-19(23)14-17/h5-6,9,14,16,18,20H,3-4,7-8,10-13,15H2,1-2H3,(H,24,27). The van der Waals surface area contributed by atoms with Gasteiger partial charge in [0.2, 0.25) is 11.8 Å². The first kappa shape index (κ1) is 20.8. The van der Waals surface area contributed by atoms with Crippen molar-refractivity contribution in [1.82, 2.24) is 15.1 Å². The lowest BCUT2D eigenvalue weighted by Crippen LogP contribution is -2.58. The topological polar surface area (TPSA) is 52.7 Å². The average Bonchev–Trinajstić information content (AvgIpc) is 3.21. The average molecular weight is 390 g/mol. The highest BCUT2D eigenvalue weighted by atomic mass is 19.1. The molecule has 0 spiro atoms. The molecule has 3 rings (SSSR count). The van der Waals surface area contributed by atoms with Crippen LogP contribution in [0.3, 0.4) is 0 Å². The lowest BCUT2D eigenvalue weighted by Gasteiger charge is -2.41. The summed E-state index contributed by atoms with van der Waals surface area (Å²) in [5, 5.41) is 3.02. The van der Waals surface area contributed by atoms with E-state index in [-0.39, 0.29) is 29.6 Å². The van der Waals surface area contributed by atoms with Crippen molar-refractivity contribution in [2.45, 2.75) is 52.1 Å². The summed E-state index contributed by atoms with van der Waals surface area (Å²) in [5.74, 6) is 0.295. The van der Waals surface area contributed by atoms with E-state index in [0.29, 0.717) is 25.6 Å². The van der Waals surface area contributed by atoms with Gasteiger partial charge in [0.1, 0.15) is 5.82 Å². The van der Waals surface area contributed by atoms with Crippen molar-refractivity contribution in [1.29, 1.82) is 0 Å². The maximum atomic E-state index is 13.4. The summed E-state index contributed by atoms with van der Waals surface area (Å²) in [6.07, 6.45) is 4.49. The van der Waals surface area contributed by atoms with Gasteiger partial charge >= 0.3 is 0 Å². The highest BCUT2D eigenvalue weighted by molar-refractivity contribution is 5.82. The Hall–Kier alpha value is -1.95. The molecule has 1 unspecified atom stereocenters. The minimum absolute atomic E-state index is 0.00625. The fourth-order valence-electron chi connectivity index (χ4n) is 4.48. The molecule has 28 heavy (non-hydrogen) atoms. The maximum absolute atomic E-state index is 13.4. The molecule has 5 nitrogen and oxygen atoms in total. The Morgan fingerprint density at radius 1 is 1.14 bits per heavy atom. The molecule has 1 saturated carbocycles. The Morgan fingerprint density at radius 2 is 1.82 bits per heavy atom. The number of hydrogen-bond acceptors (Lipinski definition) is 3. The summed E-state index contributed by atoms with van der Waals surface area (Å²) in [6, 6.07) is 6.19. The summed E-state index contributed by atoms with van der Waals surface area (Å²) in [7, 11) is 0. The lowest BCUT2D eigenvalue weighted by atomic mass is 9.94. The molecule has 1 saturated heterocycles. The molecule has 1 heterocycles. The Bertz CT molecular complexity index is 680. The maximum Gasteiger partial charge on any atom is 0.237 e. The Labute approximate surface area is 167 Å². The molecule has 1 aromatic rings. The van der Waals surface area contributed by atoms with E-state index >= 15 is 0 Å². The number of piperazine rings is 1. The molecule has 0 aromatic heterocycles. The lowest BCUT2D eigenvalue weighted by molar-refractivity contribution is -0.138. The van der Waals surface area contributed by atoms with Crippen molar-refractivity contribution >= 4 is 11.8 Å². The molecule has 2 amide bonds. The zero-order valence-electron chi connectivity index (χ0n) is 17.0. The summed E-state index contributed by atoms with van der Waals surface area (Å²) in [4.78, 5) is 29.5. The van der Waals surface area contributed by atoms with Gasteiger partial charge in [-0.2, -0.15) is 0 Å². The van der Waals surface area contributed by atoms with Gasteiger partial charge in [0.25, 0.3) is 0 Å². The van der Waals surface area contributed by atoms with Crippen molar-refractivity contribution in [2.24, 2.45) is 11.8 Å². The van der Waals surface area contributed by atoms with Crippen LogP contribution in [-0.2, 0) is 16.1 Å². The number of rotatable bonds is 6. The monoisotopic (exact) mass is 389 g/mol. The number of benzene rings is 1. The van der Waals surface area contributed by atoms with Crippen LogP contribution in [0.2, 0.25) is 0 Å². The minimum atomic E-state index is -0.287. The quantitative estimate of drug-likeness (QED) is 0.814. The molecule has 2 aliphatic rings. The van der Waals surface area contributed by atoms with E-state index in [9.17, 15) is 14.0 Å². The number of nitrogens with zero attached hydrogens (tertiary/aromatic N) is 2. The number of nitrogens with one attached hydrogen (secondary N) is 1. The zero-order chi connectivity index (χ0) is 20.1. The van der Waals surface area contributed by atoms with Crippen LogP contribution in [0, 0.1) is 17.7 Å². The number of hydrogen-bond donors (Lipinski definition) is 1. The van der Waals surface area contributed by atoms with Crippen LogP contribution in [-0.4, -0.2) is 53.8 Å². The summed E-state index contributed by atoms with van der Waals surface area (Å²) in [6.45, 7) is 7.01. The third-order valence-electron chi connectivity index (χ3n) is 5.98. The van der Waals surface area contributed by atoms with Gasteiger partial charge in [-0.25, -0.2) is 4.39 Å². The number of carbonyl (C=O) groups is 2. The van der Waals surface area contributed by atoms with Gasteiger partial charge in [-0.15, -0.1) is 0 Å². The summed E-state index contributed by atoms with van der Waals surface area (Å²) < 4.78 is 13.4. The van der Waals surface area contributed by atoms with Gasteiger partial charge in [-0.3, -0.25) is 14.5 Å². The van der Waals surface area contributed by atoms with E-state index in [0.717, 1.165) is 31.5 Å². The molecule has 1 aliphatic carbocycles. The van der Waals surface area contributed by atoms with Crippen LogP contribution in [0.1, 0.15) is 45.1 Å². The molecule has 1 N–H and O–H groups in total. The summed E-state index contributed by atoms with van der Waals surface area (Å²) in [5.41, 5.74) is 0.769. The third kappa shape index (κ3) is 5.10. The van der Waals surface area contributed by atoms with E-state index in [1.807, 2.05) is 24.8 Å². The fraction of sp³-hybridized carbons (Fsp3) is 0.636. The van der Waals surface area contributed by atoms with Gasteiger partial charge in [0, 0.05) is 38.6 Å². The van der Waals surface area contributed by atoms with E-state index in [1.54, 1.807) is 6.07 Å². The molecular weight excluding hydrogens is 357 g/mol. The molecule has 2 fully saturated rings. The molecule has 154 valence electrons. The van der Waals surface area contributed by atoms with E-state index in [4.69, 9.17) is 0 Å². The van der Waals surface area contributed by atoms with Crippen LogP contribution in [0.4, 0.5) is 4.39 Å². The largest absolute Gasteiger partial charge is 0.351 e. The van der Waals surface area contributed by atoms with Crippen LogP contribution in [0.15, 0.2) is 24.3 Å². The van der Waals surface area contributed by atoms with Crippen LogP contribution >= 0.6 is 0 Å². The second kappa shape index (κ2) is 9.50. The number of halogens is 1. The molecular formula is C22H32FN3O2. The first-order chi connectivity index (χ1) is 13.5. The van der Waals surface area contributed by atoms with Gasteiger partial charge in [-0.05, 0) is 36.5 Å². The Kier molecular flexibility index (Phi) is 7.05. The molecule has 1 aromatic carbocycles. The Balaban J connectivity index is 1.62. The van der Waals surface area contributed by atoms with Crippen LogP contribution in [0.25, 0.3) is 0 Å². The van der Waals surface area contributed by atoms with Crippen LogP contribution in [0.5, 0.6) is 0 Å². The van der Waals surface area contributed by atoms with Gasteiger partial charge in [0.15, 0.2) is 0 Å². The number of carbonyl (C=O) groups excluding carboxylic acids is 2. The SMILES string of the molecule is CC(C)C(=O)N1CCN(C(C(=O)NCc2cccc(F)c2)C2CCCC2)CC1. The first-order valence-corrected chi connectivity index (χ1v) is 10.5. The Morgan fingerprint density at radius 3 is 2.43 bits per heavy atom. The van der Waals surface area contributed by atoms with Crippen LogP contribution < -0.4 is 5.32 Å². The van der Waals surface area contributed by atoms with E-state index in [2.05, 4.69) is 10.2 Å².